The summed E-state index contributed by atoms with van der Waals surface area (Å²) in [5.74, 6) is -5.69. The summed E-state index contributed by atoms with van der Waals surface area (Å²) in [6.45, 7) is 4.43. The number of carbonyl (C=O) groups excluding carboxylic acids is 1. The summed E-state index contributed by atoms with van der Waals surface area (Å²) in [6, 6.07) is 6.00. The number of hydrogen-bond acceptors (Lipinski definition) is 3. The van der Waals surface area contributed by atoms with Crippen molar-refractivity contribution in [2.75, 3.05) is 13.1 Å². The second-order valence-electron chi connectivity index (χ2n) is 5.93. The molecule has 1 aromatic rings. The fourth-order valence-electron chi connectivity index (χ4n) is 2.91. The van der Waals surface area contributed by atoms with E-state index in [1.54, 1.807) is 4.90 Å². The first-order chi connectivity index (χ1) is 9.64. The predicted molar refractivity (Wildman–Crippen MR) is 74.9 cm³/mol. The van der Waals surface area contributed by atoms with Gasteiger partial charge in [0.15, 0.2) is 5.60 Å². The summed E-state index contributed by atoms with van der Waals surface area (Å²) < 4.78 is 27.4. The van der Waals surface area contributed by atoms with Gasteiger partial charge in [0.05, 0.1) is 0 Å². The van der Waals surface area contributed by atoms with Crippen molar-refractivity contribution < 1.29 is 18.7 Å². The third-order valence-electron chi connectivity index (χ3n) is 3.91. The monoisotopic (exact) mass is 298 g/mol. The Hall–Kier alpha value is -1.53. The molecule has 0 spiro atoms. The lowest BCUT2D eigenvalue weighted by Crippen LogP contribution is -2.57. The zero-order valence-electron chi connectivity index (χ0n) is 12.2. The lowest BCUT2D eigenvalue weighted by atomic mass is 9.94. The Morgan fingerprint density at radius 3 is 2.48 bits per heavy atom. The molecule has 3 N–H and O–H groups in total. The van der Waals surface area contributed by atoms with Gasteiger partial charge in [-0.2, -0.15) is 8.78 Å². The minimum absolute atomic E-state index is 0.173. The molecule has 0 bridgehead atoms. The minimum Gasteiger partial charge on any atom is -0.382 e. The highest BCUT2D eigenvalue weighted by Crippen LogP contribution is 2.37. The molecule has 1 atom stereocenters. The van der Waals surface area contributed by atoms with Gasteiger partial charge in [0.2, 0.25) is 0 Å². The molecule has 1 heterocycles. The van der Waals surface area contributed by atoms with Crippen LogP contribution in [0.15, 0.2) is 18.2 Å². The fraction of sp³-hybridized carbons (Fsp3) is 0.533. The van der Waals surface area contributed by atoms with Gasteiger partial charge in [0, 0.05) is 19.6 Å². The van der Waals surface area contributed by atoms with Gasteiger partial charge in [0.25, 0.3) is 5.91 Å². The van der Waals surface area contributed by atoms with Crippen LogP contribution in [0.3, 0.4) is 0 Å². The molecule has 116 valence electrons. The number of hydrogen-bond donors (Lipinski definition) is 2. The normalized spacial score (nSPS) is 23.5. The van der Waals surface area contributed by atoms with Gasteiger partial charge in [-0.3, -0.25) is 9.69 Å². The van der Waals surface area contributed by atoms with Gasteiger partial charge in [-0.25, -0.2) is 0 Å². The highest BCUT2D eigenvalue weighted by molar-refractivity contribution is 5.83. The van der Waals surface area contributed by atoms with Crippen LogP contribution in [0, 0.1) is 13.8 Å². The molecule has 1 fully saturated rings. The topological polar surface area (TPSA) is 66.6 Å². The Kier molecular flexibility index (Phi) is 4.04. The Morgan fingerprint density at radius 1 is 1.38 bits per heavy atom. The molecule has 0 saturated carbocycles. The van der Waals surface area contributed by atoms with E-state index in [4.69, 9.17) is 5.73 Å². The molecular weight excluding hydrogens is 278 g/mol. The average molecular weight is 298 g/mol. The molecule has 21 heavy (non-hydrogen) atoms. The Bertz CT molecular complexity index is 542. The second-order valence-corrected chi connectivity index (χ2v) is 5.93. The quantitative estimate of drug-likeness (QED) is 0.882. The van der Waals surface area contributed by atoms with Crippen molar-refractivity contribution >= 4 is 5.91 Å². The number of likely N-dealkylation sites (tertiary alicyclic amines) is 1. The number of carbonyl (C=O) groups is 1. The number of aliphatic hydroxyl groups is 1. The van der Waals surface area contributed by atoms with Crippen molar-refractivity contribution in [3.05, 3.63) is 34.9 Å². The van der Waals surface area contributed by atoms with E-state index < -0.39 is 17.4 Å². The van der Waals surface area contributed by atoms with Gasteiger partial charge in [-0.05, 0) is 25.8 Å². The third kappa shape index (κ3) is 3.06. The summed E-state index contributed by atoms with van der Waals surface area (Å²) in [4.78, 5) is 12.6. The molecule has 4 nitrogen and oxygen atoms in total. The first-order valence-corrected chi connectivity index (χ1v) is 6.84. The van der Waals surface area contributed by atoms with E-state index in [1.165, 1.54) is 0 Å². The number of rotatable bonds is 4. The van der Waals surface area contributed by atoms with Crippen molar-refractivity contribution in [1.29, 1.82) is 0 Å². The summed E-state index contributed by atoms with van der Waals surface area (Å²) in [7, 11) is 0. The predicted octanol–water partition coefficient (Wildman–Crippen LogP) is 1.36. The zero-order valence-corrected chi connectivity index (χ0v) is 12.2. The van der Waals surface area contributed by atoms with Crippen LogP contribution in [0.4, 0.5) is 8.78 Å². The zero-order chi connectivity index (χ0) is 15.8. The lowest BCUT2D eigenvalue weighted by molar-refractivity contribution is -0.185. The molecule has 1 aliphatic heterocycles. The van der Waals surface area contributed by atoms with Gasteiger partial charge >= 0.3 is 5.92 Å². The maximum Gasteiger partial charge on any atom is 0.353 e. The fourth-order valence-corrected chi connectivity index (χ4v) is 2.91. The smallest absolute Gasteiger partial charge is 0.353 e. The molecule has 0 aromatic heterocycles. The summed E-state index contributed by atoms with van der Waals surface area (Å²) in [5, 5.41) is 10.1. The van der Waals surface area contributed by atoms with Gasteiger partial charge in [-0.1, -0.05) is 29.3 Å². The van der Waals surface area contributed by atoms with Crippen LogP contribution in [0.25, 0.3) is 0 Å². The summed E-state index contributed by atoms with van der Waals surface area (Å²) in [6.07, 6.45) is -0.173. The van der Waals surface area contributed by atoms with E-state index in [2.05, 4.69) is 0 Å². The van der Waals surface area contributed by atoms with E-state index in [9.17, 15) is 18.7 Å². The molecule has 1 saturated heterocycles. The molecule has 0 aliphatic carbocycles. The van der Waals surface area contributed by atoms with E-state index in [-0.39, 0.29) is 13.0 Å². The molecule has 0 radical (unpaired) electrons. The first-order valence-electron chi connectivity index (χ1n) is 6.84. The largest absolute Gasteiger partial charge is 0.382 e. The number of primary amides is 1. The summed E-state index contributed by atoms with van der Waals surface area (Å²) in [5.41, 5.74) is 5.53. The van der Waals surface area contributed by atoms with Crippen molar-refractivity contribution in [3.8, 4) is 0 Å². The van der Waals surface area contributed by atoms with E-state index in [0.717, 1.165) is 16.7 Å². The van der Waals surface area contributed by atoms with Gasteiger partial charge < -0.3 is 10.8 Å². The number of alkyl halides is 2. The maximum absolute atomic E-state index is 13.7. The van der Waals surface area contributed by atoms with Crippen molar-refractivity contribution in [2.45, 2.75) is 38.3 Å². The van der Waals surface area contributed by atoms with Crippen LogP contribution in [0.5, 0.6) is 0 Å². The highest BCUT2D eigenvalue weighted by atomic mass is 19.3. The number of aryl methyl sites for hydroxylation is 2. The number of benzene rings is 1. The standard InChI is InChI=1S/C15H20F2N2O2/c1-10-5-11(2)7-12(6-10)8-19-4-3-14(21,9-19)15(16,17)13(18)20/h5-7,21H,3-4,8-9H2,1-2H3,(H2,18,20). The van der Waals surface area contributed by atoms with Crippen LogP contribution in [0.1, 0.15) is 23.1 Å². The highest BCUT2D eigenvalue weighted by Gasteiger charge is 2.59. The molecule has 1 amide bonds. The molecule has 6 heteroatoms. The second kappa shape index (κ2) is 5.35. The van der Waals surface area contributed by atoms with Crippen LogP contribution < -0.4 is 5.73 Å². The van der Waals surface area contributed by atoms with Crippen LogP contribution in [-0.2, 0) is 11.3 Å². The van der Waals surface area contributed by atoms with E-state index in [0.29, 0.717) is 13.1 Å². The molecule has 2 rings (SSSR count). The molecule has 1 aliphatic rings. The van der Waals surface area contributed by atoms with E-state index in [1.807, 2.05) is 32.0 Å². The van der Waals surface area contributed by atoms with E-state index >= 15 is 0 Å². The molecule has 1 unspecified atom stereocenters. The lowest BCUT2D eigenvalue weighted by Gasteiger charge is -2.30. The Balaban J connectivity index is 2.11. The number of amides is 1. The SMILES string of the molecule is Cc1cc(C)cc(CN2CCC(O)(C(F)(F)C(N)=O)C2)c1. The van der Waals surface area contributed by atoms with Crippen LogP contribution in [-0.4, -0.2) is 40.5 Å². The molecular formula is C15H20F2N2O2. The van der Waals surface area contributed by atoms with Crippen LogP contribution >= 0.6 is 0 Å². The maximum atomic E-state index is 13.7. The Labute approximate surface area is 122 Å². The van der Waals surface area contributed by atoms with Crippen molar-refractivity contribution in [2.24, 2.45) is 5.73 Å². The number of nitrogens with two attached hydrogens (primary N) is 1. The number of β-amino-alcohol motifs (C(OH)–C–C–N with tert-alkyl or cyclic N) is 1. The van der Waals surface area contributed by atoms with Crippen molar-refractivity contribution in [3.63, 3.8) is 0 Å². The Morgan fingerprint density at radius 2 is 1.95 bits per heavy atom. The number of nitrogens with zero attached hydrogens (tertiary/aromatic N) is 1. The van der Waals surface area contributed by atoms with Gasteiger partial charge in [-0.15, -0.1) is 0 Å². The van der Waals surface area contributed by atoms with Gasteiger partial charge in [0.1, 0.15) is 0 Å². The van der Waals surface area contributed by atoms with Crippen LogP contribution in [0.2, 0.25) is 0 Å². The summed E-state index contributed by atoms with van der Waals surface area (Å²) >= 11 is 0. The minimum atomic E-state index is -3.91. The molecule has 1 aromatic carbocycles. The third-order valence-corrected chi connectivity index (χ3v) is 3.91. The number of halogens is 2. The first kappa shape index (κ1) is 15.9. The average Bonchev–Trinajstić information content (AvgIpc) is 2.71. The van der Waals surface area contributed by atoms with Crippen molar-refractivity contribution in [1.82, 2.24) is 4.90 Å².